The third-order valence-electron chi connectivity index (χ3n) is 4.85. The first-order valence-electron chi connectivity index (χ1n) is 9.16. The van der Waals surface area contributed by atoms with Crippen LogP contribution in [0, 0.1) is 0 Å². The van der Waals surface area contributed by atoms with E-state index in [0.717, 1.165) is 11.3 Å². The summed E-state index contributed by atoms with van der Waals surface area (Å²) in [5.41, 5.74) is 1.98. The van der Waals surface area contributed by atoms with Crippen molar-refractivity contribution in [3.8, 4) is 22.6 Å². The number of halogens is 1. The van der Waals surface area contributed by atoms with Crippen LogP contribution in [0.3, 0.4) is 0 Å². The number of carbonyl (C=O) groups excluding carboxylic acids is 2. The Bertz CT molecular complexity index is 1110. The zero-order valence-electron chi connectivity index (χ0n) is 16.3. The van der Waals surface area contributed by atoms with Gasteiger partial charge in [0.25, 0.3) is 0 Å². The zero-order chi connectivity index (χ0) is 21.3. The molecule has 2 heterocycles. The van der Waals surface area contributed by atoms with Crippen LogP contribution in [0.5, 0.6) is 11.5 Å². The molecule has 2 amide bonds. The lowest BCUT2D eigenvalue weighted by molar-refractivity contribution is -0.125. The molecule has 2 aromatic carbocycles. The Balaban J connectivity index is 1.65. The Morgan fingerprint density at radius 2 is 1.97 bits per heavy atom. The minimum Gasteiger partial charge on any atom is -0.497 e. The molecule has 9 heteroatoms. The molecule has 2 N–H and O–H groups in total. The number of benzene rings is 2. The number of nitrogens with zero attached hydrogens (tertiary/aromatic N) is 2. The molecule has 30 heavy (non-hydrogen) atoms. The summed E-state index contributed by atoms with van der Waals surface area (Å²) in [7, 11) is 3.09. The van der Waals surface area contributed by atoms with E-state index in [4.69, 9.17) is 21.1 Å². The minimum atomic E-state index is -0.815. The monoisotopic (exact) mass is 426 g/mol. The average molecular weight is 427 g/mol. The van der Waals surface area contributed by atoms with Crippen molar-refractivity contribution in [1.82, 2.24) is 9.78 Å². The Morgan fingerprint density at radius 1 is 1.20 bits per heavy atom. The van der Waals surface area contributed by atoms with E-state index in [-0.39, 0.29) is 12.3 Å². The lowest BCUT2D eigenvalue weighted by Crippen LogP contribution is -2.35. The standard InChI is InChI=1S/C21H19ClN4O4/c1-29-14-6-3-12(4-7-14)15-11-23-26-17(10-19(27)25-20(15)26)21(28)24-16-9-13(22)5-8-18(16)30-2/h3-9,11,17H,10H2,1-2H3,(H,24,28)(H,25,27)/t17-/m1/s1. The summed E-state index contributed by atoms with van der Waals surface area (Å²) in [5, 5.41) is 10.4. The van der Waals surface area contributed by atoms with Crippen molar-refractivity contribution in [3.63, 3.8) is 0 Å². The van der Waals surface area contributed by atoms with Crippen molar-refractivity contribution in [2.24, 2.45) is 0 Å². The first-order valence-corrected chi connectivity index (χ1v) is 9.54. The maximum absolute atomic E-state index is 13.0. The van der Waals surface area contributed by atoms with E-state index in [1.54, 1.807) is 31.5 Å². The fraction of sp³-hybridized carbons (Fsp3) is 0.190. The van der Waals surface area contributed by atoms with Gasteiger partial charge in [-0.3, -0.25) is 9.59 Å². The van der Waals surface area contributed by atoms with Gasteiger partial charge in [0.1, 0.15) is 23.4 Å². The summed E-state index contributed by atoms with van der Waals surface area (Å²) in [6.45, 7) is 0. The van der Waals surface area contributed by atoms with Crippen LogP contribution in [-0.2, 0) is 9.59 Å². The summed E-state index contributed by atoms with van der Waals surface area (Å²) in [6.07, 6.45) is 1.59. The second-order valence-corrected chi connectivity index (χ2v) is 7.12. The Kier molecular flexibility index (Phi) is 5.33. The number of ether oxygens (including phenoxy) is 2. The van der Waals surface area contributed by atoms with Gasteiger partial charge in [0.05, 0.1) is 32.5 Å². The predicted molar refractivity (Wildman–Crippen MR) is 113 cm³/mol. The van der Waals surface area contributed by atoms with Gasteiger partial charge in [-0.25, -0.2) is 4.68 Å². The van der Waals surface area contributed by atoms with Crippen molar-refractivity contribution in [2.45, 2.75) is 12.5 Å². The van der Waals surface area contributed by atoms with E-state index < -0.39 is 11.9 Å². The molecule has 0 saturated carbocycles. The first kappa shape index (κ1) is 19.8. The number of amides is 2. The van der Waals surface area contributed by atoms with Crippen molar-refractivity contribution in [2.75, 3.05) is 24.9 Å². The summed E-state index contributed by atoms with van der Waals surface area (Å²) >= 11 is 6.04. The van der Waals surface area contributed by atoms with Crippen molar-refractivity contribution in [3.05, 3.63) is 53.7 Å². The van der Waals surface area contributed by atoms with Crippen LogP contribution < -0.4 is 20.1 Å². The Morgan fingerprint density at radius 3 is 2.67 bits per heavy atom. The van der Waals surface area contributed by atoms with Gasteiger partial charge in [-0.2, -0.15) is 5.10 Å². The average Bonchev–Trinajstić information content (AvgIpc) is 3.17. The molecular formula is C21H19ClN4O4. The molecule has 3 aromatic rings. The highest BCUT2D eigenvalue weighted by Gasteiger charge is 2.33. The number of methoxy groups -OCH3 is 2. The lowest BCUT2D eigenvalue weighted by Gasteiger charge is -2.25. The summed E-state index contributed by atoms with van der Waals surface area (Å²) < 4.78 is 12.0. The van der Waals surface area contributed by atoms with Gasteiger partial charge in [0.2, 0.25) is 11.8 Å². The van der Waals surface area contributed by atoms with Crippen molar-refractivity contribution < 1.29 is 19.1 Å². The van der Waals surface area contributed by atoms with Crippen LogP contribution in [0.1, 0.15) is 12.5 Å². The normalized spacial score (nSPS) is 15.2. The molecule has 0 saturated heterocycles. The molecular weight excluding hydrogens is 408 g/mol. The molecule has 0 bridgehead atoms. The van der Waals surface area contributed by atoms with Gasteiger partial charge in [-0.1, -0.05) is 23.7 Å². The molecule has 0 radical (unpaired) electrons. The number of carbonyl (C=O) groups is 2. The number of aromatic nitrogens is 2. The van der Waals surface area contributed by atoms with Gasteiger partial charge in [-0.15, -0.1) is 0 Å². The molecule has 154 valence electrons. The van der Waals surface area contributed by atoms with Crippen molar-refractivity contribution >= 4 is 34.9 Å². The molecule has 1 aliphatic rings. The third-order valence-corrected chi connectivity index (χ3v) is 5.09. The van der Waals surface area contributed by atoms with Gasteiger partial charge in [-0.05, 0) is 35.9 Å². The van der Waals surface area contributed by atoms with Gasteiger partial charge < -0.3 is 20.1 Å². The van der Waals surface area contributed by atoms with E-state index in [0.29, 0.717) is 27.8 Å². The highest BCUT2D eigenvalue weighted by Crippen LogP contribution is 2.36. The number of fused-ring (bicyclic) bond motifs is 1. The number of rotatable bonds is 5. The lowest BCUT2D eigenvalue weighted by atomic mass is 10.1. The maximum atomic E-state index is 13.0. The summed E-state index contributed by atoms with van der Waals surface area (Å²) in [5.74, 6) is 0.991. The fourth-order valence-corrected chi connectivity index (χ4v) is 3.52. The van der Waals surface area contributed by atoms with Crippen LogP contribution in [0.4, 0.5) is 11.5 Å². The largest absolute Gasteiger partial charge is 0.497 e. The molecule has 0 fully saturated rings. The molecule has 8 nitrogen and oxygen atoms in total. The summed E-state index contributed by atoms with van der Waals surface area (Å²) in [4.78, 5) is 25.4. The zero-order valence-corrected chi connectivity index (χ0v) is 17.1. The van der Waals surface area contributed by atoms with E-state index in [9.17, 15) is 9.59 Å². The van der Waals surface area contributed by atoms with Gasteiger partial charge in [0.15, 0.2) is 0 Å². The molecule has 0 spiro atoms. The molecule has 1 aliphatic heterocycles. The third kappa shape index (κ3) is 3.69. The predicted octanol–water partition coefficient (Wildman–Crippen LogP) is 3.74. The smallest absolute Gasteiger partial charge is 0.249 e. The number of hydrogen-bond acceptors (Lipinski definition) is 5. The van der Waals surface area contributed by atoms with Gasteiger partial charge >= 0.3 is 0 Å². The van der Waals surface area contributed by atoms with Crippen LogP contribution in [0.25, 0.3) is 11.1 Å². The molecule has 1 aromatic heterocycles. The van der Waals surface area contributed by atoms with Crippen LogP contribution in [0.15, 0.2) is 48.7 Å². The van der Waals surface area contributed by atoms with E-state index >= 15 is 0 Å². The van der Waals surface area contributed by atoms with E-state index in [1.165, 1.54) is 11.8 Å². The molecule has 0 aliphatic carbocycles. The fourth-order valence-electron chi connectivity index (χ4n) is 3.35. The topological polar surface area (TPSA) is 94.5 Å². The molecule has 0 unspecified atom stereocenters. The van der Waals surface area contributed by atoms with Gasteiger partial charge in [0, 0.05) is 10.6 Å². The van der Waals surface area contributed by atoms with Crippen LogP contribution in [-0.4, -0.2) is 35.8 Å². The highest BCUT2D eigenvalue weighted by molar-refractivity contribution is 6.31. The highest BCUT2D eigenvalue weighted by atomic mass is 35.5. The van der Waals surface area contributed by atoms with E-state index in [2.05, 4.69) is 15.7 Å². The maximum Gasteiger partial charge on any atom is 0.249 e. The second kappa shape index (κ2) is 8.08. The number of hydrogen-bond donors (Lipinski definition) is 2. The first-order chi connectivity index (χ1) is 14.5. The Labute approximate surface area is 177 Å². The number of anilines is 2. The molecule has 1 atom stereocenters. The quantitative estimate of drug-likeness (QED) is 0.648. The van der Waals surface area contributed by atoms with Crippen LogP contribution >= 0.6 is 11.6 Å². The van der Waals surface area contributed by atoms with Crippen molar-refractivity contribution in [1.29, 1.82) is 0 Å². The minimum absolute atomic E-state index is 0.0363. The summed E-state index contributed by atoms with van der Waals surface area (Å²) in [6, 6.07) is 11.5. The Hall–Kier alpha value is -3.52. The second-order valence-electron chi connectivity index (χ2n) is 6.68. The van der Waals surface area contributed by atoms with E-state index in [1.807, 2.05) is 24.3 Å². The molecule has 4 rings (SSSR count). The number of nitrogens with one attached hydrogen (secondary N) is 2. The SMILES string of the molecule is COc1ccc(-c2cnn3c2NC(=O)C[C@@H]3C(=O)Nc2cc(Cl)ccc2OC)cc1. The van der Waals surface area contributed by atoms with Crippen LogP contribution in [0.2, 0.25) is 5.02 Å².